The SMILES string of the molecule is CCCCCCC/C=C\C/C=C\C/C=C\CCCCCCCCCCCCC(=O)OCC(COC(=O)CCCCCCCCCCCCCCC)OC(=O)CCCCCCCCCCCCCCCCCCC. The predicted octanol–water partition coefficient (Wildman–Crippen LogP) is 22.0. The first kappa shape index (κ1) is 70.6. The summed E-state index contributed by atoms with van der Waals surface area (Å²) in [5, 5.41) is 0. The lowest BCUT2D eigenvalue weighted by Crippen LogP contribution is -2.30. The Morgan fingerprint density at radius 3 is 0.767 bits per heavy atom. The Kier molecular flexibility index (Phi) is 60.2. The summed E-state index contributed by atoms with van der Waals surface area (Å²) in [4.78, 5) is 38.3. The molecule has 0 fully saturated rings. The van der Waals surface area contributed by atoms with E-state index < -0.39 is 6.10 Å². The van der Waals surface area contributed by atoms with Crippen molar-refractivity contribution >= 4 is 17.9 Å². The van der Waals surface area contributed by atoms with Gasteiger partial charge in [-0.1, -0.05) is 314 Å². The Hall–Kier alpha value is -2.37. The molecule has 0 saturated carbocycles. The minimum atomic E-state index is -0.770. The van der Waals surface area contributed by atoms with Crippen LogP contribution in [-0.2, 0) is 28.6 Å². The second-order valence-corrected chi connectivity index (χ2v) is 22.0. The molecule has 0 heterocycles. The van der Waals surface area contributed by atoms with Gasteiger partial charge in [-0.3, -0.25) is 14.4 Å². The Balaban J connectivity index is 4.26. The number of carbonyl (C=O) groups is 3. The van der Waals surface area contributed by atoms with Crippen molar-refractivity contribution in [2.24, 2.45) is 0 Å². The number of ether oxygens (including phenoxy) is 3. The number of allylic oxidation sites excluding steroid dienone is 6. The maximum Gasteiger partial charge on any atom is 0.306 e. The Morgan fingerprint density at radius 2 is 0.493 bits per heavy atom. The van der Waals surface area contributed by atoms with Gasteiger partial charge in [0.1, 0.15) is 13.2 Å². The third kappa shape index (κ3) is 60.4. The largest absolute Gasteiger partial charge is 0.462 e. The highest BCUT2D eigenvalue weighted by atomic mass is 16.6. The Bertz CT molecular complexity index is 1220. The first-order valence-electron chi connectivity index (χ1n) is 32.5. The van der Waals surface area contributed by atoms with Crippen LogP contribution in [0.1, 0.15) is 355 Å². The van der Waals surface area contributed by atoms with E-state index in [1.165, 1.54) is 244 Å². The molecule has 0 rings (SSSR count). The third-order valence-corrected chi connectivity index (χ3v) is 14.6. The van der Waals surface area contributed by atoms with Crippen LogP contribution in [0, 0.1) is 0 Å². The van der Waals surface area contributed by atoms with E-state index in [0.29, 0.717) is 19.3 Å². The fourth-order valence-electron chi connectivity index (χ4n) is 9.75. The van der Waals surface area contributed by atoms with E-state index in [-0.39, 0.29) is 31.1 Å². The lowest BCUT2D eigenvalue weighted by atomic mass is 10.0. The molecule has 0 amide bonds. The van der Waals surface area contributed by atoms with Gasteiger partial charge < -0.3 is 14.2 Å². The van der Waals surface area contributed by atoms with Gasteiger partial charge in [0.05, 0.1) is 0 Å². The lowest BCUT2D eigenvalue weighted by Gasteiger charge is -2.18. The minimum Gasteiger partial charge on any atom is -0.462 e. The van der Waals surface area contributed by atoms with Crippen molar-refractivity contribution in [2.75, 3.05) is 13.2 Å². The van der Waals surface area contributed by atoms with E-state index in [0.717, 1.165) is 70.6 Å². The van der Waals surface area contributed by atoms with Crippen LogP contribution in [0.15, 0.2) is 36.5 Å². The van der Waals surface area contributed by atoms with Crippen LogP contribution in [0.2, 0.25) is 0 Å². The molecular weight excluding hydrogens is 901 g/mol. The molecule has 1 atom stereocenters. The molecule has 6 heteroatoms. The minimum absolute atomic E-state index is 0.0674. The van der Waals surface area contributed by atoms with E-state index >= 15 is 0 Å². The van der Waals surface area contributed by atoms with Crippen LogP contribution >= 0.6 is 0 Å². The van der Waals surface area contributed by atoms with E-state index in [1.54, 1.807) is 0 Å². The van der Waals surface area contributed by atoms with Crippen molar-refractivity contribution in [1.82, 2.24) is 0 Å². The first-order valence-corrected chi connectivity index (χ1v) is 32.5. The van der Waals surface area contributed by atoms with Crippen LogP contribution in [0.25, 0.3) is 0 Å². The highest BCUT2D eigenvalue weighted by Crippen LogP contribution is 2.18. The van der Waals surface area contributed by atoms with Gasteiger partial charge in [-0.25, -0.2) is 0 Å². The van der Waals surface area contributed by atoms with Crippen LogP contribution < -0.4 is 0 Å². The van der Waals surface area contributed by atoms with E-state index in [1.807, 2.05) is 0 Å². The van der Waals surface area contributed by atoms with Crippen LogP contribution in [-0.4, -0.2) is 37.2 Å². The molecule has 0 aromatic heterocycles. The molecule has 0 spiro atoms. The zero-order valence-electron chi connectivity index (χ0n) is 49.2. The van der Waals surface area contributed by atoms with E-state index in [2.05, 4.69) is 57.2 Å². The maximum absolute atomic E-state index is 12.9. The highest BCUT2D eigenvalue weighted by molar-refractivity contribution is 5.71. The average molecular weight is 1030 g/mol. The molecule has 0 aromatic carbocycles. The second-order valence-electron chi connectivity index (χ2n) is 22.0. The van der Waals surface area contributed by atoms with Crippen LogP contribution in [0.4, 0.5) is 0 Å². The number of carbonyl (C=O) groups excluding carboxylic acids is 3. The number of esters is 3. The third-order valence-electron chi connectivity index (χ3n) is 14.6. The summed E-state index contributed by atoms with van der Waals surface area (Å²) in [6, 6.07) is 0. The summed E-state index contributed by atoms with van der Waals surface area (Å²) >= 11 is 0. The van der Waals surface area contributed by atoms with Crippen molar-refractivity contribution in [2.45, 2.75) is 361 Å². The monoisotopic (exact) mass is 1020 g/mol. The van der Waals surface area contributed by atoms with E-state index in [9.17, 15) is 14.4 Å². The average Bonchev–Trinajstić information content (AvgIpc) is 3.39. The van der Waals surface area contributed by atoms with Gasteiger partial charge in [0.2, 0.25) is 0 Å². The summed E-state index contributed by atoms with van der Waals surface area (Å²) < 4.78 is 16.9. The van der Waals surface area contributed by atoms with E-state index in [4.69, 9.17) is 14.2 Å². The molecule has 428 valence electrons. The summed E-state index contributed by atoms with van der Waals surface area (Å²) in [6.07, 6.45) is 75.8. The molecule has 0 aromatic rings. The Morgan fingerprint density at radius 1 is 0.274 bits per heavy atom. The molecule has 1 unspecified atom stereocenters. The summed E-state index contributed by atoms with van der Waals surface area (Å²) in [7, 11) is 0. The smallest absolute Gasteiger partial charge is 0.306 e. The molecule has 0 saturated heterocycles. The molecular formula is C67H124O6. The number of hydrogen-bond donors (Lipinski definition) is 0. The first-order chi connectivity index (χ1) is 36.0. The number of hydrogen-bond acceptors (Lipinski definition) is 6. The van der Waals surface area contributed by atoms with Gasteiger partial charge in [0.25, 0.3) is 0 Å². The molecule has 73 heavy (non-hydrogen) atoms. The van der Waals surface area contributed by atoms with Crippen molar-refractivity contribution in [1.29, 1.82) is 0 Å². The molecule has 0 N–H and O–H groups in total. The van der Waals surface area contributed by atoms with Crippen molar-refractivity contribution in [3.05, 3.63) is 36.5 Å². The molecule has 0 aliphatic rings. The Labute approximate surface area is 455 Å². The molecule has 0 radical (unpaired) electrons. The summed E-state index contributed by atoms with van der Waals surface area (Å²) in [5.41, 5.74) is 0. The maximum atomic E-state index is 12.9. The van der Waals surface area contributed by atoms with Crippen molar-refractivity contribution in [3.8, 4) is 0 Å². The standard InChI is InChI=1S/C67H124O6/c1-4-7-10-13-16-19-22-25-27-29-30-31-32-33-34-35-36-38-39-42-45-48-51-54-57-60-66(69)72-63-64(62-71-65(68)59-56-53-50-47-44-41-24-21-18-15-12-9-6-3)73-67(70)61-58-55-52-49-46-43-40-37-28-26-23-20-17-14-11-8-5-2/h22,25,29-30,32-33,64H,4-21,23-24,26-28,31,34-63H2,1-3H3/b25-22-,30-29-,33-32-. The van der Waals surface area contributed by atoms with Gasteiger partial charge in [-0.05, 0) is 57.8 Å². The summed E-state index contributed by atoms with van der Waals surface area (Å²) in [5.74, 6) is -0.846. The second kappa shape index (κ2) is 62.2. The van der Waals surface area contributed by atoms with Crippen LogP contribution in [0.3, 0.4) is 0 Å². The van der Waals surface area contributed by atoms with Crippen molar-refractivity contribution < 1.29 is 28.6 Å². The number of unbranched alkanes of at least 4 members (excludes halogenated alkanes) is 43. The molecule has 0 bridgehead atoms. The van der Waals surface area contributed by atoms with Gasteiger partial charge in [0.15, 0.2) is 6.10 Å². The molecule has 0 aliphatic carbocycles. The lowest BCUT2D eigenvalue weighted by molar-refractivity contribution is -0.167. The fourth-order valence-corrected chi connectivity index (χ4v) is 9.75. The highest BCUT2D eigenvalue weighted by Gasteiger charge is 2.19. The van der Waals surface area contributed by atoms with Crippen molar-refractivity contribution in [3.63, 3.8) is 0 Å². The topological polar surface area (TPSA) is 78.9 Å². The van der Waals surface area contributed by atoms with Gasteiger partial charge >= 0.3 is 17.9 Å². The molecule has 0 aliphatic heterocycles. The number of rotatable bonds is 60. The zero-order valence-corrected chi connectivity index (χ0v) is 49.2. The van der Waals surface area contributed by atoms with Gasteiger partial charge in [0, 0.05) is 19.3 Å². The van der Waals surface area contributed by atoms with Gasteiger partial charge in [-0.15, -0.1) is 0 Å². The fraction of sp³-hybridized carbons (Fsp3) is 0.866. The quantitative estimate of drug-likeness (QED) is 0.0261. The summed E-state index contributed by atoms with van der Waals surface area (Å²) in [6.45, 7) is 6.69. The molecule has 6 nitrogen and oxygen atoms in total. The normalized spacial score (nSPS) is 12.2. The van der Waals surface area contributed by atoms with Crippen LogP contribution in [0.5, 0.6) is 0 Å². The van der Waals surface area contributed by atoms with Gasteiger partial charge in [-0.2, -0.15) is 0 Å². The predicted molar refractivity (Wildman–Crippen MR) is 316 cm³/mol. The zero-order chi connectivity index (χ0) is 52.9.